The van der Waals surface area contributed by atoms with Gasteiger partial charge in [-0.1, -0.05) is 11.3 Å². The number of hydrogen-bond donors (Lipinski definition) is 1. The number of aryl methyl sites for hydroxylation is 1. The van der Waals surface area contributed by atoms with Gasteiger partial charge in [0.1, 0.15) is 4.88 Å². The van der Waals surface area contributed by atoms with Gasteiger partial charge in [-0.25, -0.2) is 9.78 Å². The summed E-state index contributed by atoms with van der Waals surface area (Å²) in [5.41, 5.74) is 1.15. The Bertz CT molecular complexity index is 563. The van der Waals surface area contributed by atoms with Crippen LogP contribution in [0.5, 0.6) is 0 Å². The van der Waals surface area contributed by atoms with Crippen molar-refractivity contribution in [1.29, 1.82) is 0 Å². The van der Waals surface area contributed by atoms with Crippen LogP contribution in [0.4, 0.5) is 5.13 Å². The Labute approximate surface area is 118 Å². The van der Waals surface area contributed by atoms with Crippen molar-refractivity contribution in [2.45, 2.75) is 12.8 Å². The lowest BCUT2D eigenvalue weighted by Gasteiger charge is -2.00. The summed E-state index contributed by atoms with van der Waals surface area (Å²) in [5.74, 6) is -0.562. The number of hydrogen-bond acceptors (Lipinski definition) is 6. The predicted molar refractivity (Wildman–Crippen MR) is 74.7 cm³/mol. The largest absolute Gasteiger partial charge is 0.465 e. The fraction of sp³-hybridized carbons (Fsp3) is 0.250. The number of methoxy groups -OCH3 is 1. The summed E-state index contributed by atoms with van der Waals surface area (Å²) in [7, 11) is 1.31. The molecule has 5 nitrogen and oxygen atoms in total. The third-order valence-electron chi connectivity index (χ3n) is 2.36. The van der Waals surface area contributed by atoms with Crippen LogP contribution in [0.25, 0.3) is 0 Å². The summed E-state index contributed by atoms with van der Waals surface area (Å²) < 4.78 is 4.57. The number of nitrogens with one attached hydrogen (secondary N) is 1. The number of ether oxygens (including phenoxy) is 1. The molecule has 2 heterocycles. The number of carbonyl (C=O) groups excluding carboxylic acids is 2. The Balaban J connectivity index is 1.85. The Morgan fingerprint density at radius 2 is 2.32 bits per heavy atom. The van der Waals surface area contributed by atoms with Gasteiger partial charge >= 0.3 is 5.97 Å². The number of anilines is 1. The summed E-state index contributed by atoms with van der Waals surface area (Å²) in [6.45, 7) is 0. The first kappa shape index (κ1) is 13.7. The van der Waals surface area contributed by atoms with E-state index < -0.39 is 5.97 Å². The predicted octanol–water partition coefficient (Wildman–Crippen LogP) is 2.56. The highest BCUT2D eigenvalue weighted by Gasteiger charge is 2.12. The van der Waals surface area contributed by atoms with E-state index in [4.69, 9.17) is 0 Å². The standard InChI is InChI=1S/C12H12N2O3S2/c1-17-11(16)9-6-13-12(19-9)14-10(15)3-2-8-4-5-18-7-8/h4-7H,2-3H2,1H3,(H,13,14,15). The summed E-state index contributed by atoms with van der Waals surface area (Å²) in [6.07, 6.45) is 2.49. The molecule has 0 unspecified atom stereocenters. The quantitative estimate of drug-likeness (QED) is 0.861. The molecule has 0 aliphatic rings. The summed E-state index contributed by atoms with van der Waals surface area (Å²) in [4.78, 5) is 27.3. The van der Waals surface area contributed by atoms with Crippen LogP contribution >= 0.6 is 22.7 Å². The van der Waals surface area contributed by atoms with E-state index in [1.165, 1.54) is 13.3 Å². The lowest BCUT2D eigenvalue weighted by molar-refractivity contribution is -0.116. The smallest absolute Gasteiger partial charge is 0.349 e. The first-order valence-electron chi connectivity index (χ1n) is 5.54. The molecule has 7 heteroatoms. The minimum Gasteiger partial charge on any atom is -0.465 e. The molecule has 0 aliphatic heterocycles. The topological polar surface area (TPSA) is 68.3 Å². The molecule has 19 heavy (non-hydrogen) atoms. The van der Waals surface area contributed by atoms with Gasteiger partial charge in [0.2, 0.25) is 5.91 Å². The van der Waals surface area contributed by atoms with Crippen molar-refractivity contribution in [2.24, 2.45) is 0 Å². The zero-order chi connectivity index (χ0) is 13.7. The van der Waals surface area contributed by atoms with Crippen molar-refractivity contribution in [1.82, 2.24) is 4.98 Å². The van der Waals surface area contributed by atoms with Gasteiger partial charge in [-0.05, 0) is 28.8 Å². The normalized spacial score (nSPS) is 10.2. The van der Waals surface area contributed by atoms with Gasteiger partial charge in [0.05, 0.1) is 13.3 Å². The van der Waals surface area contributed by atoms with Crippen molar-refractivity contribution in [3.63, 3.8) is 0 Å². The van der Waals surface area contributed by atoms with Crippen molar-refractivity contribution >= 4 is 39.7 Å². The molecule has 2 aromatic heterocycles. The van der Waals surface area contributed by atoms with Gasteiger partial charge in [0, 0.05) is 6.42 Å². The van der Waals surface area contributed by atoms with Crippen molar-refractivity contribution in [3.8, 4) is 0 Å². The average Bonchev–Trinajstić information content (AvgIpc) is 3.06. The lowest BCUT2D eigenvalue weighted by atomic mass is 10.2. The molecule has 2 rings (SSSR count). The average molecular weight is 296 g/mol. The molecule has 2 aromatic rings. The number of esters is 1. The molecule has 1 amide bonds. The summed E-state index contributed by atoms with van der Waals surface area (Å²) in [5, 5.41) is 7.08. The second-order valence-electron chi connectivity index (χ2n) is 3.70. The number of rotatable bonds is 5. The van der Waals surface area contributed by atoms with Crippen LogP contribution in [0.1, 0.15) is 21.7 Å². The Morgan fingerprint density at radius 1 is 1.47 bits per heavy atom. The number of carbonyl (C=O) groups is 2. The van der Waals surface area contributed by atoms with Crippen molar-refractivity contribution in [2.75, 3.05) is 12.4 Å². The number of amides is 1. The molecule has 0 radical (unpaired) electrons. The van der Waals surface area contributed by atoms with Gasteiger partial charge in [-0.2, -0.15) is 11.3 Å². The van der Waals surface area contributed by atoms with E-state index >= 15 is 0 Å². The second-order valence-corrected chi connectivity index (χ2v) is 5.51. The molecule has 100 valence electrons. The lowest BCUT2D eigenvalue weighted by Crippen LogP contribution is -2.11. The van der Waals surface area contributed by atoms with Gasteiger partial charge in [-0.15, -0.1) is 0 Å². The monoisotopic (exact) mass is 296 g/mol. The third-order valence-corrected chi connectivity index (χ3v) is 3.98. The van der Waals surface area contributed by atoms with E-state index in [0.717, 1.165) is 16.9 Å². The highest BCUT2D eigenvalue weighted by Crippen LogP contribution is 2.19. The van der Waals surface area contributed by atoms with Crippen LogP contribution in [-0.2, 0) is 16.0 Å². The van der Waals surface area contributed by atoms with Crippen LogP contribution in [0.15, 0.2) is 23.0 Å². The maximum atomic E-state index is 11.7. The van der Waals surface area contributed by atoms with E-state index in [-0.39, 0.29) is 5.91 Å². The van der Waals surface area contributed by atoms with Crippen LogP contribution < -0.4 is 5.32 Å². The minimum atomic E-state index is -0.448. The Morgan fingerprint density at radius 3 is 3.00 bits per heavy atom. The van der Waals surface area contributed by atoms with Crippen LogP contribution in [-0.4, -0.2) is 24.0 Å². The SMILES string of the molecule is COC(=O)c1cnc(NC(=O)CCc2ccsc2)s1. The first-order chi connectivity index (χ1) is 9.19. The molecule has 0 saturated heterocycles. The molecular formula is C12H12N2O3S2. The van der Waals surface area contributed by atoms with Crippen LogP contribution in [0.3, 0.4) is 0 Å². The zero-order valence-electron chi connectivity index (χ0n) is 10.2. The van der Waals surface area contributed by atoms with Crippen molar-refractivity contribution < 1.29 is 14.3 Å². The molecule has 0 fully saturated rings. The number of nitrogens with zero attached hydrogens (tertiary/aromatic N) is 1. The maximum absolute atomic E-state index is 11.7. The number of thiazole rings is 1. The highest BCUT2D eigenvalue weighted by molar-refractivity contribution is 7.17. The molecule has 0 spiro atoms. The third kappa shape index (κ3) is 3.87. The molecule has 0 bridgehead atoms. The van der Waals surface area contributed by atoms with E-state index in [1.54, 1.807) is 11.3 Å². The number of aromatic nitrogens is 1. The van der Waals surface area contributed by atoms with Gasteiger partial charge in [-0.3, -0.25) is 4.79 Å². The molecular weight excluding hydrogens is 284 g/mol. The molecule has 1 N–H and O–H groups in total. The van der Waals surface area contributed by atoms with Gasteiger partial charge in [0.25, 0.3) is 0 Å². The zero-order valence-corrected chi connectivity index (χ0v) is 11.8. The Kier molecular flexibility index (Phi) is 4.64. The van der Waals surface area contributed by atoms with Crippen LogP contribution in [0, 0.1) is 0 Å². The van der Waals surface area contributed by atoms with E-state index in [2.05, 4.69) is 15.0 Å². The fourth-order valence-electron chi connectivity index (χ4n) is 1.40. The first-order valence-corrected chi connectivity index (χ1v) is 7.30. The van der Waals surface area contributed by atoms with Crippen molar-refractivity contribution in [3.05, 3.63) is 33.5 Å². The molecule has 0 aliphatic carbocycles. The highest BCUT2D eigenvalue weighted by atomic mass is 32.1. The molecule has 0 aromatic carbocycles. The Hall–Kier alpha value is -1.73. The van der Waals surface area contributed by atoms with Crippen LogP contribution in [0.2, 0.25) is 0 Å². The maximum Gasteiger partial charge on any atom is 0.349 e. The minimum absolute atomic E-state index is 0.114. The molecule has 0 saturated carbocycles. The van der Waals surface area contributed by atoms with E-state index in [0.29, 0.717) is 22.9 Å². The molecule has 0 atom stereocenters. The van der Waals surface area contributed by atoms with E-state index in [1.807, 2.05) is 16.8 Å². The summed E-state index contributed by atoms with van der Waals surface area (Å²) >= 11 is 2.71. The second kappa shape index (κ2) is 6.44. The fourth-order valence-corrected chi connectivity index (χ4v) is 2.86. The number of thiophene rings is 1. The summed E-state index contributed by atoms with van der Waals surface area (Å²) in [6, 6.07) is 2.00. The van der Waals surface area contributed by atoms with Gasteiger partial charge < -0.3 is 10.1 Å². The van der Waals surface area contributed by atoms with E-state index in [9.17, 15) is 9.59 Å². The van der Waals surface area contributed by atoms with Gasteiger partial charge in [0.15, 0.2) is 5.13 Å².